The highest BCUT2D eigenvalue weighted by molar-refractivity contribution is 5.97. The second kappa shape index (κ2) is 10.0. The number of rotatable bonds is 8. The number of imidazole rings is 1. The summed E-state index contributed by atoms with van der Waals surface area (Å²) in [5.41, 5.74) is 3.00. The van der Waals surface area contributed by atoms with E-state index in [1.54, 1.807) is 7.05 Å². The molecule has 188 valence electrons. The molecular weight excluding hydrogens is 464 g/mol. The third-order valence-electron chi connectivity index (χ3n) is 7.37. The molecule has 0 radical (unpaired) electrons. The van der Waals surface area contributed by atoms with Crippen LogP contribution in [0.4, 0.5) is 5.82 Å². The quantitative estimate of drug-likeness (QED) is 0.225. The lowest BCUT2D eigenvalue weighted by Gasteiger charge is -2.42. The number of hydrogen-bond donors (Lipinski definition) is 1. The minimum absolute atomic E-state index is 0.0346. The van der Waals surface area contributed by atoms with Crippen LogP contribution in [-0.2, 0) is 22.0 Å². The molecule has 0 aliphatic carbocycles. The summed E-state index contributed by atoms with van der Waals surface area (Å²) in [7, 11) is 2.98. The van der Waals surface area contributed by atoms with Crippen molar-refractivity contribution in [1.29, 1.82) is 0 Å². The molecule has 1 aliphatic heterocycles. The second-order valence-electron chi connectivity index (χ2n) is 9.30. The Morgan fingerprint density at radius 3 is 1.86 bits per heavy atom. The van der Waals surface area contributed by atoms with E-state index in [-0.39, 0.29) is 23.8 Å². The molecule has 1 N–H and O–H groups in total. The number of benzene rings is 3. The Bertz CT molecular complexity index is 1290. The van der Waals surface area contributed by atoms with Crippen molar-refractivity contribution in [3.05, 3.63) is 120 Å². The smallest absolute Gasteiger partial charge is 0.374 e. The van der Waals surface area contributed by atoms with Crippen LogP contribution in [0.25, 0.3) is 0 Å². The first-order valence-corrected chi connectivity index (χ1v) is 12.3. The van der Waals surface area contributed by atoms with Crippen molar-refractivity contribution >= 4 is 17.7 Å². The molecule has 2 heterocycles. The third kappa shape index (κ3) is 4.32. The number of aromatic nitrogens is 2. The van der Waals surface area contributed by atoms with Gasteiger partial charge in [0.2, 0.25) is 11.7 Å². The van der Waals surface area contributed by atoms with Gasteiger partial charge in [0.25, 0.3) is 0 Å². The molecule has 0 saturated carbocycles. The van der Waals surface area contributed by atoms with Crippen LogP contribution in [0.5, 0.6) is 0 Å². The summed E-state index contributed by atoms with van der Waals surface area (Å²) in [6.45, 7) is 2.82. The fourth-order valence-electron chi connectivity index (χ4n) is 5.41. The normalized spacial score (nSPS) is 17.6. The third-order valence-corrected chi connectivity index (χ3v) is 7.37. The van der Waals surface area contributed by atoms with E-state index < -0.39 is 11.4 Å². The minimum Gasteiger partial charge on any atom is -0.463 e. The zero-order valence-corrected chi connectivity index (χ0v) is 21.2. The van der Waals surface area contributed by atoms with Gasteiger partial charge < -0.3 is 14.6 Å². The van der Waals surface area contributed by atoms with Gasteiger partial charge in [-0.25, -0.2) is 9.78 Å². The van der Waals surface area contributed by atoms with Gasteiger partial charge in [-0.2, -0.15) is 0 Å². The molecule has 4 aromatic rings. The van der Waals surface area contributed by atoms with Gasteiger partial charge in [0.15, 0.2) is 0 Å². The molecule has 1 unspecified atom stereocenters. The molecule has 7 nitrogen and oxygen atoms in total. The molecule has 1 aliphatic rings. The van der Waals surface area contributed by atoms with E-state index in [1.807, 2.05) is 18.2 Å². The van der Waals surface area contributed by atoms with E-state index in [1.165, 1.54) is 34.6 Å². The van der Waals surface area contributed by atoms with Gasteiger partial charge in [0, 0.05) is 19.6 Å². The van der Waals surface area contributed by atoms with Crippen LogP contribution in [-0.4, -0.2) is 52.1 Å². The van der Waals surface area contributed by atoms with Crippen molar-refractivity contribution in [1.82, 2.24) is 14.5 Å². The first-order valence-electron chi connectivity index (χ1n) is 12.3. The Labute approximate surface area is 216 Å². The maximum Gasteiger partial charge on any atom is 0.374 e. The number of anilines is 1. The molecule has 7 heteroatoms. The topological polar surface area (TPSA) is 76.2 Å². The summed E-state index contributed by atoms with van der Waals surface area (Å²) in [5, 5.41) is 2.94. The first kappa shape index (κ1) is 24.5. The van der Waals surface area contributed by atoms with E-state index in [4.69, 9.17) is 4.74 Å². The molecule has 1 fully saturated rings. The highest BCUT2D eigenvalue weighted by Crippen LogP contribution is 2.46. The van der Waals surface area contributed by atoms with Crippen molar-refractivity contribution in [3.8, 4) is 0 Å². The maximum atomic E-state index is 13.3. The molecule has 1 amide bonds. The van der Waals surface area contributed by atoms with Crippen molar-refractivity contribution in [2.45, 2.75) is 24.4 Å². The Kier molecular flexibility index (Phi) is 6.63. The van der Waals surface area contributed by atoms with E-state index in [0.29, 0.717) is 12.4 Å². The lowest BCUT2D eigenvalue weighted by atomic mass is 9.65. The van der Waals surface area contributed by atoms with Gasteiger partial charge >= 0.3 is 5.97 Å². The van der Waals surface area contributed by atoms with E-state index in [2.05, 4.69) is 94.9 Å². The largest absolute Gasteiger partial charge is 0.463 e. The van der Waals surface area contributed by atoms with Gasteiger partial charge in [-0.05, 0) is 23.6 Å². The summed E-state index contributed by atoms with van der Waals surface area (Å²) < 4.78 is 6.29. The summed E-state index contributed by atoms with van der Waals surface area (Å²) in [5.74, 6) is -0.0993. The Hall–Kier alpha value is -4.23. The fourth-order valence-corrected chi connectivity index (χ4v) is 5.41. The van der Waals surface area contributed by atoms with Gasteiger partial charge in [-0.15, -0.1) is 0 Å². The minimum atomic E-state index is -0.553. The first-order chi connectivity index (χ1) is 18.0. The number of ether oxygens (including phenoxy) is 1. The Morgan fingerprint density at radius 1 is 0.919 bits per heavy atom. The molecule has 0 bridgehead atoms. The highest BCUT2D eigenvalue weighted by atomic mass is 16.5. The van der Waals surface area contributed by atoms with Crippen LogP contribution in [0, 0.1) is 0 Å². The van der Waals surface area contributed by atoms with Crippen LogP contribution >= 0.6 is 0 Å². The Morgan fingerprint density at radius 2 is 1.41 bits per heavy atom. The average molecular weight is 495 g/mol. The SMILES string of the molecule is COC(=O)c1ncc(NC(=O)[C@H]2CN2[C@H](C)C(c2ccccc2)(c2ccccc2)c2ccccc2)n1C. The number of carbonyl (C=O) groups is 2. The van der Waals surface area contributed by atoms with E-state index >= 15 is 0 Å². The van der Waals surface area contributed by atoms with Crippen molar-refractivity contribution < 1.29 is 14.3 Å². The lowest BCUT2D eigenvalue weighted by Crippen LogP contribution is -2.46. The van der Waals surface area contributed by atoms with E-state index in [9.17, 15) is 9.59 Å². The molecule has 1 saturated heterocycles. The number of nitrogens with zero attached hydrogens (tertiary/aromatic N) is 3. The van der Waals surface area contributed by atoms with Crippen LogP contribution in [0.2, 0.25) is 0 Å². The predicted molar refractivity (Wildman–Crippen MR) is 142 cm³/mol. The van der Waals surface area contributed by atoms with E-state index in [0.717, 1.165) is 0 Å². The van der Waals surface area contributed by atoms with Crippen LogP contribution in [0.3, 0.4) is 0 Å². The number of amides is 1. The molecular formula is C30H30N4O3. The molecule has 3 aromatic carbocycles. The second-order valence-corrected chi connectivity index (χ2v) is 9.30. The molecule has 3 atom stereocenters. The molecule has 37 heavy (non-hydrogen) atoms. The lowest BCUT2D eigenvalue weighted by molar-refractivity contribution is -0.116. The average Bonchev–Trinajstić information content (AvgIpc) is 3.68. The number of methoxy groups -OCH3 is 1. The Balaban J connectivity index is 1.50. The van der Waals surface area contributed by atoms with Crippen LogP contribution in [0.15, 0.2) is 97.2 Å². The highest BCUT2D eigenvalue weighted by Gasteiger charge is 2.53. The predicted octanol–water partition coefficient (Wildman–Crippen LogP) is 4.25. The summed E-state index contributed by atoms with van der Waals surface area (Å²) in [6.07, 6.45) is 1.47. The summed E-state index contributed by atoms with van der Waals surface area (Å²) in [6, 6.07) is 31.1. The van der Waals surface area contributed by atoms with Crippen LogP contribution in [0.1, 0.15) is 34.2 Å². The van der Waals surface area contributed by atoms with Crippen molar-refractivity contribution in [2.24, 2.45) is 7.05 Å². The monoisotopic (exact) mass is 494 g/mol. The maximum absolute atomic E-state index is 13.3. The van der Waals surface area contributed by atoms with Gasteiger partial charge in [0.1, 0.15) is 11.9 Å². The molecule has 0 spiro atoms. The number of carbonyl (C=O) groups excluding carboxylic acids is 2. The fraction of sp³-hybridized carbons (Fsp3) is 0.233. The van der Waals surface area contributed by atoms with Gasteiger partial charge in [-0.3, -0.25) is 9.69 Å². The van der Waals surface area contributed by atoms with Crippen molar-refractivity contribution in [3.63, 3.8) is 0 Å². The van der Waals surface area contributed by atoms with Gasteiger partial charge in [-0.1, -0.05) is 91.0 Å². The molecule has 1 aromatic heterocycles. The zero-order valence-electron chi connectivity index (χ0n) is 21.2. The van der Waals surface area contributed by atoms with Gasteiger partial charge in [0.05, 0.1) is 18.7 Å². The molecule has 5 rings (SSSR count). The summed E-state index contributed by atoms with van der Waals surface area (Å²) >= 11 is 0. The standard InChI is InChI=1S/C30H30N4O3/c1-21(34-20-25(34)28(35)32-26-19-31-27(33(26)2)29(36)37-3)30(22-13-7-4-8-14-22,23-15-9-5-10-16-23)24-17-11-6-12-18-24/h4-19,21,25H,20H2,1-3H3,(H,32,35)/t21-,25-,34?/m1/s1. The number of nitrogens with one attached hydrogen (secondary N) is 1. The zero-order chi connectivity index (χ0) is 26.0. The summed E-state index contributed by atoms with van der Waals surface area (Å²) in [4.78, 5) is 31.5. The number of hydrogen-bond acceptors (Lipinski definition) is 5. The van der Waals surface area contributed by atoms with Crippen LogP contribution < -0.4 is 5.32 Å². The number of esters is 1. The van der Waals surface area contributed by atoms with Crippen molar-refractivity contribution in [2.75, 3.05) is 19.0 Å².